The maximum absolute atomic E-state index is 13.7. The second-order valence-corrected chi connectivity index (χ2v) is 5.54. The van der Waals surface area contributed by atoms with Crippen molar-refractivity contribution in [3.63, 3.8) is 0 Å². The summed E-state index contributed by atoms with van der Waals surface area (Å²) >= 11 is 0. The summed E-state index contributed by atoms with van der Waals surface area (Å²) in [5.74, 6) is -2.67. The summed E-state index contributed by atoms with van der Waals surface area (Å²) in [4.78, 5) is 22.9. The van der Waals surface area contributed by atoms with Gasteiger partial charge in [0.25, 0.3) is 0 Å². The van der Waals surface area contributed by atoms with Crippen LogP contribution in [0.4, 0.5) is 8.78 Å². The third-order valence-corrected chi connectivity index (χ3v) is 3.64. The van der Waals surface area contributed by atoms with Gasteiger partial charge < -0.3 is 14.8 Å². The minimum Gasteiger partial charge on any atom is -0.478 e. The molecule has 1 atom stereocenters. The molecule has 1 aromatic carbocycles. The number of furan rings is 1. The molecule has 0 aliphatic heterocycles. The van der Waals surface area contributed by atoms with Crippen LogP contribution in [0.2, 0.25) is 0 Å². The highest BCUT2D eigenvalue weighted by molar-refractivity contribution is 5.88. The smallest absolute Gasteiger partial charge is 0.339 e. The summed E-state index contributed by atoms with van der Waals surface area (Å²) in [6, 6.07) is 4.59. The molecular formula is C17H17F2NO4. The molecule has 1 heterocycles. The fraction of sp³-hybridized carbons (Fsp3) is 0.294. The molecule has 1 aromatic heterocycles. The Balaban J connectivity index is 1.93. The quantitative estimate of drug-likeness (QED) is 0.847. The van der Waals surface area contributed by atoms with Gasteiger partial charge in [0.15, 0.2) is 0 Å². The second-order valence-electron chi connectivity index (χ2n) is 5.54. The van der Waals surface area contributed by atoms with Crippen LogP contribution in [0.3, 0.4) is 0 Å². The molecule has 0 bridgehead atoms. The fourth-order valence-electron chi connectivity index (χ4n) is 2.39. The van der Waals surface area contributed by atoms with E-state index in [0.29, 0.717) is 5.76 Å². The van der Waals surface area contributed by atoms with E-state index in [1.54, 1.807) is 6.92 Å². The zero-order chi connectivity index (χ0) is 17.9. The molecule has 1 amide bonds. The lowest BCUT2D eigenvalue weighted by Gasteiger charge is -2.12. The molecule has 2 aromatic rings. The highest BCUT2D eigenvalue weighted by Gasteiger charge is 2.17. The van der Waals surface area contributed by atoms with Gasteiger partial charge in [-0.2, -0.15) is 0 Å². The predicted molar refractivity (Wildman–Crippen MR) is 81.6 cm³/mol. The van der Waals surface area contributed by atoms with Crippen LogP contribution in [0.5, 0.6) is 0 Å². The molecule has 0 aliphatic rings. The van der Waals surface area contributed by atoms with Crippen molar-refractivity contribution >= 4 is 11.9 Å². The first-order chi connectivity index (χ1) is 11.3. The molecule has 2 N–H and O–H groups in total. The van der Waals surface area contributed by atoms with Crippen molar-refractivity contribution in [2.75, 3.05) is 0 Å². The van der Waals surface area contributed by atoms with Gasteiger partial charge in [-0.3, -0.25) is 4.79 Å². The predicted octanol–water partition coefficient (Wildman–Crippen LogP) is 3.37. The lowest BCUT2D eigenvalue weighted by atomic mass is 9.97. The van der Waals surface area contributed by atoms with Gasteiger partial charge in [0.05, 0.1) is 6.54 Å². The van der Waals surface area contributed by atoms with Crippen molar-refractivity contribution in [1.82, 2.24) is 5.32 Å². The van der Waals surface area contributed by atoms with E-state index in [-0.39, 0.29) is 35.8 Å². The lowest BCUT2D eigenvalue weighted by Crippen LogP contribution is -2.24. The van der Waals surface area contributed by atoms with E-state index in [1.807, 2.05) is 0 Å². The number of benzene rings is 1. The number of aryl methyl sites for hydroxylation is 1. The molecule has 0 saturated carbocycles. The zero-order valence-electron chi connectivity index (χ0n) is 13.2. The van der Waals surface area contributed by atoms with Gasteiger partial charge in [0.2, 0.25) is 5.91 Å². The molecule has 7 heteroatoms. The van der Waals surface area contributed by atoms with E-state index in [0.717, 1.165) is 12.1 Å². The molecule has 24 heavy (non-hydrogen) atoms. The third-order valence-electron chi connectivity index (χ3n) is 3.64. The number of carbonyl (C=O) groups is 2. The number of carboxylic acid groups (broad SMARTS) is 1. The van der Waals surface area contributed by atoms with Crippen LogP contribution in [0.1, 0.15) is 46.7 Å². The van der Waals surface area contributed by atoms with Crippen LogP contribution in [0.15, 0.2) is 28.7 Å². The third kappa shape index (κ3) is 4.18. The van der Waals surface area contributed by atoms with Crippen LogP contribution < -0.4 is 5.32 Å². The van der Waals surface area contributed by atoms with Gasteiger partial charge in [-0.1, -0.05) is 13.0 Å². The molecule has 0 spiro atoms. The minimum atomic E-state index is -1.10. The summed E-state index contributed by atoms with van der Waals surface area (Å²) in [5.41, 5.74) is 0.301. The normalized spacial score (nSPS) is 12.0. The van der Waals surface area contributed by atoms with Gasteiger partial charge >= 0.3 is 5.97 Å². The Labute approximate surface area is 137 Å². The SMILES string of the molecule is Cc1oc(CNC(=O)CC(C)c2ccc(F)cc2F)cc1C(=O)O. The van der Waals surface area contributed by atoms with Crippen molar-refractivity contribution in [1.29, 1.82) is 0 Å². The first-order valence-corrected chi connectivity index (χ1v) is 7.32. The summed E-state index contributed by atoms with van der Waals surface area (Å²) < 4.78 is 31.8. The van der Waals surface area contributed by atoms with Crippen LogP contribution >= 0.6 is 0 Å². The van der Waals surface area contributed by atoms with Crippen LogP contribution in [0, 0.1) is 18.6 Å². The van der Waals surface area contributed by atoms with Crippen molar-refractivity contribution in [2.24, 2.45) is 0 Å². The Morgan fingerprint density at radius 3 is 2.58 bits per heavy atom. The van der Waals surface area contributed by atoms with E-state index < -0.39 is 23.5 Å². The summed E-state index contributed by atoms with van der Waals surface area (Å²) in [6.45, 7) is 3.22. The molecule has 0 fully saturated rings. The number of rotatable bonds is 6. The fourth-order valence-corrected chi connectivity index (χ4v) is 2.39. The number of hydrogen-bond donors (Lipinski definition) is 2. The van der Waals surface area contributed by atoms with Crippen LogP contribution in [-0.4, -0.2) is 17.0 Å². The van der Waals surface area contributed by atoms with Crippen LogP contribution in [0.25, 0.3) is 0 Å². The van der Waals surface area contributed by atoms with Gasteiger partial charge in [0, 0.05) is 12.5 Å². The molecule has 0 aliphatic carbocycles. The van der Waals surface area contributed by atoms with Gasteiger partial charge in [-0.15, -0.1) is 0 Å². The van der Waals surface area contributed by atoms with E-state index >= 15 is 0 Å². The Kier molecular flexibility index (Phi) is 5.33. The van der Waals surface area contributed by atoms with Gasteiger partial charge in [0.1, 0.15) is 28.7 Å². The van der Waals surface area contributed by atoms with Crippen molar-refractivity contribution in [3.05, 3.63) is 58.5 Å². The molecular weight excluding hydrogens is 320 g/mol. The van der Waals surface area contributed by atoms with E-state index in [1.165, 1.54) is 19.1 Å². The largest absolute Gasteiger partial charge is 0.478 e. The maximum atomic E-state index is 13.7. The molecule has 5 nitrogen and oxygen atoms in total. The minimum absolute atomic E-state index is 0.00797. The Morgan fingerprint density at radius 2 is 2.00 bits per heavy atom. The standard InChI is InChI=1S/C17H17F2NO4/c1-9(13-4-3-11(18)6-15(13)19)5-16(21)20-8-12-7-14(17(22)23)10(2)24-12/h3-4,6-7,9H,5,8H2,1-2H3,(H,20,21)(H,22,23). The molecule has 128 valence electrons. The Hall–Kier alpha value is -2.70. The molecule has 2 rings (SSSR count). The summed E-state index contributed by atoms with van der Waals surface area (Å²) in [5, 5.41) is 11.5. The highest BCUT2D eigenvalue weighted by Crippen LogP contribution is 2.23. The van der Waals surface area contributed by atoms with Crippen molar-refractivity contribution in [2.45, 2.75) is 32.7 Å². The molecule has 0 radical (unpaired) electrons. The number of carboxylic acids is 1. The molecule has 1 unspecified atom stereocenters. The number of amides is 1. The Bertz CT molecular complexity index is 770. The lowest BCUT2D eigenvalue weighted by molar-refractivity contribution is -0.121. The van der Waals surface area contributed by atoms with E-state index in [4.69, 9.17) is 9.52 Å². The summed E-state index contributed by atoms with van der Waals surface area (Å²) in [6.07, 6.45) is 0.00797. The van der Waals surface area contributed by atoms with Crippen molar-refractivity contribution < 1.29 is 27.9 Å². The van der Waals surface area contributed by atoms with Gasteiger partial charge in [-0.25, -0.2) is 13.6 Å². The second kappa shape index (κ2) is 7.25. The topological polar surface area (TPSA) is 79.5 Å². The summed E-state index contributed by atoms with van der Waals surface area (Å²) in [7, 11) is 0. The monoisotopic (exact) mass is 337 g/mol. The maximum Gasteiger partial charge on any atom is 0.339 e. The van der Waals surface area contributed by atoms with Gasteiger partial charge in [-0.05, 0) is 30.5 Å². The zero-order valence-corrected chi connectivity index (χ0v) is 13.2. The highest BCUT2D eigenvalue weighted by atomic mass is 19.1. The average Bonchev–Trinajstić information content (AvgIpc) is 2.86. The average molecular weight is 337 g/mol. The number of halogens is 2. The Morgan fingerprint density at radius 1 is 1.29 bits per heavy atom. The van der Waals surface area contributed by atoms with E-state index in [2.05, 4.69) is 5.32 Å². The van der Waals surface area contributed by atoms with E-state index in [9.17, 15) is 18.4 Å². The first kappa shape index (κ1) is 17.7. The number of nitrogens with one attached hydrogen (secondary N) is 1. The first-order valence-electron chi connectivity index (χ1n) is 7.32. The number of aromatic carboxylic acids is 1. The van der Waals surface area contributed by atoms with Crippen molar-refractivity contribution in [3.8, 4) is 0 Å². The number of hydrogen-bond acceptors (Lipinski definition) is 3. The number of carbonyl (C=O) groups excluding carboxylic acids is 1. The van der Waals surface area contributed by atoms with Crippen LogP contribution in [-0.2, 0) is 11.3 Å². The molecule has 0 saturated heterocycles.